The summed E-state index contributed by atoms with van der Waals surface area (Å²) in [6, 6.07) is -0.452. The summed E-state index contributed by atoms with van der Waals surface area (Å²) < 4.78 is 51.7. The van der Waals surface area contributed by atoms with E-state index in [0.29, 0.717) is 0 Å². The van der Waals surface area contributed by atoms with Gasteiger partial charge in [-0.25, -0.2) is 4.79 Å². The lowest BCUT2D eigenvalue weighted by Crippen LogP contribution is -2.64. The summed E-state index contributed by atoms with van der Waals surface area (Å²) in [7, 11) is 1.47. The molecule has 13 unspecified atom stereocenters. The Morgan fingerprint density at radius 3 is 1.79 bits per heavy atom. The second kappa shape index (κ2) is 33.2. The molecule has 38 heteroatoms. The zero-order valence-electron chi connectivity index (χ0n) is 60.7. The van der Waals surface area contributed by atoms with Crippen LogP contribution in [0.25, 0.3) is 11.1 Å². The van der Waals surface area contributed by atoms with Crippen molar-refractivity contribution in [2.45, 2.75) is 201 Å². The van der Waals surface area contributed by atoms with E-state index in [0.717, 1.165) is 48.5 Å². The van der Waals surface area contributed by atoms with Crippen molar-refractivity contribution in [3.63, 3.8) is 0 Å². The van der Waals surface area contributed by atoms with E-state index in [2.05, 4.69) is 37.2 Å². The number of amides is 7. The summed E-state index contributed by atoms with van der Waals surface area (Å²) in [6.07, 6.45) is -22.8. The van der Waals surface area contributed by atoms with Crippen molar-refractivity contribution in [1.29, 1.82) is 0 Å². The van der Waals surface area contributed by atoms with Crippen LogP contribution in [0.15, 0.2) is 78.9 Å². The van der Waals surface area contributed by atoms with Gasteiger partial charge in [0.05, 0.1) is 53.5 Å². The topological polar surface area (TPSA) is 575 Å². The van der Waals surface area contributed by atoms with E-state index in [-0.39, 0.29) is 52.6 Å². The molecule has 36 nitrogen and oxygen atoms in total. The number of aliphatic carboxylic acids is 1. The molecule has 23 N–H and O–H groups in total. The van der Waals surface area contributed by atoms with E-state index in [4.69, 9.17) is 78.3 Å². The molecule has 13 rings (SSSR count). The summed E-state index contributed by atoms with van der Waals surface area (Å²) in [6.45, 7) is 8.58. The van der Waals surface area contributed by atoms with Crippen LogP contribution in [-0.2, 0) is 62.0 Å². The fraction of sp³-hybridized carbons (Fsp3) is 0.479. The van der Waals surface area contributed by atoms with Crippen molar-refractivity contribution in [2.75, 3.05) is 13.7 Å². The molecule has 0 saturated carbocycles. The molecule has 3 saturated heterocycles. The van der Waals surface area contributed by atoms with Crippen LogP contribution in [0.2, 0.25) is 10.0 Å². The van der Waals surface area contributed by atoms with E-state index in [1.54, 1.807) is 0 Å². The molecule has 5 aromatic rings. The monoisotopic (exact) mass is 1590 g/mol. The largest absolute Gasteiger partial charge is 0.508 e. The Balaban J connectivity index is 1.19. The number of nitrogens with one attached hydrogen (secondary N) is 7. The van der Waals surface area contributed by atoms with E-state index in [1.165, 1.54) is 65.1 Å². The quantitative estimate of drug-likeness (QED) is 0.0672. The number of carbonyl (C=O) groups is 8. The molecule has 11 bridgehead atoms. The first-order chi connectivity index (χ1) is 52.3. The number of aliphatic hydroxyl groups is 6. The first-order valence-corrected chi connectivity index (χ1v) is 36.1. The molecule has 111 heavy (non-hydrogen) atoms. The number of likely N-dealkylation sites (N-methyl/N-ethyl adjacent to an activating group) is 1. The molecule has 600 valence electrons. The third-order valence-corrected chi connectivity index (χ3v) is 20.7. The molecule has 0 spiro atoms. The number of benzene rings is 5. The minimum atomic E-state index is -2.38. The Bertz CT molecular complexity index is 4420. The van der Waals surface area contributed by atoms with Crippen LogP contribution in [0.5, 0.6) is 46.0 Å². The van der Waals surface area contributed by atoms with Gasteiger partial charge in [-0.05, 0) is 124 Å². The number of hydrogen-bond acceptors (Lipinski definition) is 28. The van der Waals surface area contributed by atoms with Crippen molar-refractivity contribution in [1.82, 2.24) is 37.2 Å². The van der Waals surface area contributed by atoms with Gasteiger partial charge >= 0.3 is 5.97 Å². The summed E-state index contributed by atoms with van der Waals surface area (Å²) in [4.78, 5) is 120. The predicted molar refractivity (Wildman–Crippen MR) is 386 cm³/mol. The maximum Gasteiger partial charge on any atom is 0.330 e. The Morgan fingerprint density at radius 2 is 1.23 bits per heavy atom. The Morgan fingerprint density at radius 1 is 0.658 bits per heavy atom. The number of phenolic OH excluding ortho intramolecular Hbond substituents is 3. The van der Waals surface area contributed by atoms with Crippen molar-refractivity contribution in [2.24, 2.45) is 23.1 Å². The number of halogens is 2. The fourth-order valence-electron chi connectivity index (χ4n) is 14.3. The number of aromatic hydroxyl groups is 3. The van der Waals surface area contributed by atoms with Gasteiger partial charge in [-0.2, -0.15) is 0 Å². The van der Waals surface area contributed by atoms with Gasteiger partial charge in [0.25, 0.3) is 0 Å². The normalized spacial score (nSPS) is 32.1. The molecule has 0 aliphatic carbocycles. The smallest absolute Gasteiger partial charge is 0.330 e. The number of ether oxygens (including phenoxy) is 8. The number of fused-ring (bicyclic) bond motifs is 15. The Hall–Kier alpha value is -9.32. The van der Waals surface area contributed by atoms with Crippen LogP contribution in [0.4, 0.5) is 0 Å². The number of aliphatic hydroxyl groups excluding tert-OH is 6. The number of carbonyl (C=O) groups excluding carboxylic acids is 7. The average molecular weight is 1590 g/mol. The molecule has 8 aliphatic heterocycles. The fourth-order valence-corrected chi connectivity index (χ4v) is 14.7. The molecule has 22 atom stereocenters. The molecular weight excluding hydrogens is 1500 g/mol. The van der Waals surface area contributed by atoms with Crippen LogP contribution in [-0.4, -0.2) is 215 Å². The minimum Gasteiger partial charge on any atom is -0.508 e. The van der Waals surface area contributed by atoms with Gasteiger partial charge in [-0.3, -0.25) is 33.6 Å². The summed E-state index contributed by atoms with van der Waals surface area (Å²) >= 11 is 14.5. The maximum atomic E-state index is 16.4. The standard InChI is InChI=1S/C73H88Cl2N10O26/c1-26(2)14-38(79-7)64(96)84-54-56(91)30-9-12-42(36(74)16-30)106-44-18-32-19-45(60(44)111-71-61(58(93)57(92)46(25-86)108-71)110-49-24-73(6,78)63(95)28(4)105-49)107-43-13-10-31(17-37(43)75)59(109-48-23-72(5,77)62(94)27(3)104-48)55-69(101)83-53(70(102)103)35-20-33(87)21-41(89)50(35)34-15-29(8-11-40(34)88)51(66(98)85-55)82-67(99)52(32)81-65(97)39(22-47(76)90)80-68(54)100/h8-13,15-21,26-28,38-39,46,48-49,51-59,61-63,71,79,86-89,91-95H,14,22-25,77-78H2,1-7H3,(H2,76,90)(H,80,100)(H,81,97)(H,82,99)(H,83,101)(H,84,96)(H,85,98)(H,102,103)/t27?,28?,38-,39+,46?,48?,49?,51-,52-,53+,54-,55+,56-,57?,58?,59-,61?,62?,63?,71?,72?,73?/m1/s1. The van der Waals surface area contributed by atoms with E-state index >= 15 is 19.2 Å². The number of hydrogen-bond donors (Lipinski definition) is 20. The molecule has 3 fully saturated rings. The van der Waals surface area contributed by atoms with Crippen molar-refractivity contribution in [3.8, 4) is 57.1 Å². The van der Waals surface area contributed by atoms with Gasteiger partial charge in [0.1, 0.15) is 89.5 Å². The highest BCUT2D eigenvalue weighted by atomic mass is 35.5. The van der Waals surface area contributed by atoms with Gasteiger partial charge in [0.15, 0.2) is 36.2 Å². The van der Waals surface area contributed by atoms with Gasteiger partial charge in [0.2, 0.25) is 53.4 Å². The number of carboxylic acid groups (broad SMARTS) is 1. The molecule has 7 amide bonds. The highest BCUT2D eigenvalue weighted by Gasteiger charge is 2.52. The van der Waals surface area contributed by atoms with Gasteiger partial charge in [-0.15, -0.1) is 0 Å². The Kier molecular flexibility index (Phi) is 24.7. The third-order valence-electron chi connectivity index (χ3n) is 20.1. The second-order valence-electron chi connectivity index (χ2n) is 29.3. The van der Waals surface area contributed by atoms with Gasteiger partial charge < -0.3 is 143 Å². The van der Waals surface area contributed by atoms with E-state index in [1.807, 2.05) is 13.8 Å². The van der Waals surface area contributed by atoms with Gasteiger partial charge in [-0.1, -0.05) is 55.2 Å². The number of nitrogens with two attached hydrogens (primary N) is 3. The lowest BCUT2D eigenvalue weighted by Gasteiger charge is -2.47. The first-order valence-electron chi connectivity index (χ1n) is 35.3. The predicted octanol–water partition coefficient (Wildman–Crippen LogP) is 0.344. The highest BCUT2D eigenvalue weighted by molar-refractivity contribution is 6.32. The average Bonchev–Trinajstić information content (AvgIpc) is 0.763. The number of rotatable bonds is 15. The molecule has 0 radical (unpaired) electrons. The zero-order valence-corrected chi connectivity index (χ0v) is 62.2. The van der Waals surface area contributed by atoms with Crippen LogP contribution < -0.4 is 68.6 Å². The minimum absolute atomic E-state index is 0.110. The molecule has 8 heterocycles. The van der Waals surface area contributed by atoms with Crippen molar-refractivity contribution < 1.29 is 127 Å². The molecule has 8 aliphatic rings. The molecule has 0 aromatic heterocycles. The lowest BCUT2D eigenvalue weighted by molar-refractivity contribution is -0.333. The number of primary amides is 1. The SMILES string of the molecule is CN[C@H](CC(C)C)C(=O)N[C@H]1C(=O)N[C@@H](CC(N)=O)C(=O)N[C@H]2C(=O)N[C@H]3C(=O)N[C@H](C(=O)N[C@H](C(=O)O)c4cc(O)cc(O)c4-c4cc3ccc4O)[C@H](OC3CC(C)(N)C(O)C(C)O3)c3ccc(c(Cl)c3)Oc3cc2cc(c3OC2OC(CO)C(O)C(O)C2OC2CC(C)(N)C(O)C(C)O2)Oc2ccc(cc2Cl)[C@H]1O. The zero-order chi connectivity index (χ0) is 80.9. The van der Waals surface area contributed by atoms with Crippen LogP contribution >= 0.6 is 23.2 Å². The maximum absolute atomic E-state index is 16.4. The van der Waals surface area contributed by atoms with Crippen LogP contribution in [0, 0.1) is 5.92 Å². The van der Waals surface area contributed by atoms with Crippen molar-refractivity contribution in [3.05, 3.63) is 117 Å². The Labute approximate surface area is 643 Å². The van der Waals surface area contributed by atoms with E-state index in [9.17, 15) is 70.2 Å². The molecule has 5 aromatic carbocycles. The number of phenols is 3. The van der Waals surface area contributed by atoms with Crippen molar-refractivity contribution >= 4 is 70.5 Å². The van der Waals surface area contributed by atoms with Gasteiger partial charge in [0, 0.05) is 46.7 Å². The summed E-state index contributed by atoms with van der Waals surface area (Å²) in [5.74, 6) is -16.1. The van der Waals surface area contributed by atoms with E-state index < -0.39 is 261 Å². The lowest BCUT2D eigenvalue weighted by atomic mass is 9.86. The molecular formula is C73H88Cl2N10O26. The summed E-state index contributed by atoms with van der Waals surface area (Å²) in [5.41, 5.74) is 13.3. The number of carboxylic acids is 1. The van der Waals surface area contributed by atoms with Crippen LogP contribution in [0.3, 0.4) is 0 Å². The third kappa shape index (κ3) is 17.7. The first kappa shape index (κ1) is 82.6. The summed E-state index contributed by atoms with van der Waals surface area (Å²) in [5, 5.41) is 131. The highest BCUT2D eigenvalue weighted by Crippen LogP contribution is 2.50. The second-order valence-corrected chi connectivity index (χ2v) is 30.1. The van der Waals surface area contributed by atoms with Crippen LogP contribution in [0.1, 0.15) is 125 Å².